The zero-order valence-corrected chi connectivity index (χ0v) is 22.6. The highest BCUT2D eigenvalue weighted by Gasteiger charge is 2.29. The Kier molecular flexibility index (Phi) is 8.36. The van der Waals surface area contributed by atoms with Crippen molar-refractivity contribution in [3.63, 3.8) is 0 Å². The second-order valence-corrected chi connectivity index (χ2v) is 10.1. The van der Waals surface area contributed by atoms with Crippen LogP contribution in [0.5, 0.6) is 5.75 Å². The molecule has 0 radical (unpaired) electrons. The largest absolute Gasteiger partial charge is 0.497 e. The number of anilines is 1. The molecule has 3 heterocycles. The third-order valence-corrected chi connectivity index (χ3v) is 7.33. The van der Waals surface area contributed by atoms with Crippen LogP contribution in [0.15, 0.2) is 60.7 Å². The molecule has 9 heteroatoms. The maximum atomic E-state index is 13.4. The molecule has 0 aliphatic carbocycles. The van der Waals surface area contributed by atoms with Gasteiger partial charge in [0.2, 0.25) is 5.91 Å². The van der Waals surface area contributed by atoms with Gasteiger partial charge >= 0.3 is 0 Å². The number of nitrogens with zero attached hydrogens (tertiary/aromatic N) is 5. The number of carbonyl (C=O) groups excluding carboxylic acids is 2. The van der Waals surface area contributed by atoms with Crippen molar-refractivity contribution >= 4 is 17.6 Å². The van der Waals surface area contributed by atoms with E-state index >= 15 is 0 Å². The minimum Gasteiger partial charge on any atom is -0.497 e. The number of benzene rings is 2. The van der Waals surface area contributed by atoms with Crippen LogP contribution < -0.4 is 9.64 Å². The molecule has 0 N–H and O–H groups in total. The van der Waals surface area contributed by atoms with Crippen molar-refractivity contribution in [2.75, 3.05) is 57.9 Å². The smallest absolute Gasteiger partial charge is 0.254 e. The van der Waals surface area contributed by atoms with Gasteiger partial charge in [0.15, 0.2) is 5.82 Å². The molecule has 0 spiro atoms. The van der Waals surface area contributed by atoms with Gasteiger partial charge in [-0.1, -0.05) is 35.9 Å². The Morgan fingerprint density at radius 3 is 2.49 bits per heavy atom. The van der Waals surface area contributed by atoms with Crippen molar-refractivity contribution in [1.82, 2.24) is 20.0 Å². The van der Waals surface area contributed by atoms with Crippen molar-refractivity contribution in [1.29, 1.82) is 0 Å². The SMILES string of the molecule is COc1cccc(C(=O)N(CC(=O)N2CCN(c3ccc(-c4ccc(C)cc4)nn3)CC2)CC2CCCO2)c1. The maximum absolute atomic E-state index is 13.4. The summed E-state index contributed by atoms with van der Waals surface area (Å²) >= 11 is 0. The average molecular weight is 530 g/mol. The molecule has 1 aromatic heterocycles. The maximum Gasteiger partial charge on any atom is 0.254 e. The Hall–Kier alpha value is -3.98. The Morgan fingerprint density at radius 2 is 1.82 bits per heavy atom. The Labute approximate surface area is 229 Å². The Balaban J connectivity index is 1.20. The molecule has 39 heavy (non-hydrogen) atoms. The van der Waals surface area contributed by atoms with Crippen LogP contribution in [0, 0.1) is 6.92 Å². The van der Waals surface area contributed by atoms with E-state index in [1.165, 1.54) is 5.56 Å². The summed E-state index contributed by atoms with van der Waals surface area (Å²) in [6.07, 6.45) is 1.81. The Morgan fingerprint density at radius 1 is 1.03 bits per heavy atom. The predicted molar refractivity (Wildman–Crippen MR) is 149 cm³/mol. The van der Waals surface area contributed by atoms with Crippen molar-refractivity contribution in [2.24, 2.45) is 0 Å². The number of hydrogen-bond donors (Lipinski definition) is 0. The topological polar surface area (TPSA) is 88.1 Å². The predicted octanol–water partition coefficient (Wildman–Crippen LogP) is 3.43. The van der Waals surface area contributed by atoms with Gasteiger partial charge in [-0.2, -0.15) is 0 Å². The number of piperazine rings is 1. The zero-order valence-electron chi connectivity index (χ0n) is 22.6. The van der Waals surface area contributed by atoms with Gasteiger partial charge in [0.25, 0.3) is 5.91 Å². The second kappa shape index (κ2) is 12.3. The number of aromatic nitrogens is 2. The first-order valence-electron chi connectivity index (χ1n) is 13.5. The lowest BCUT2D eigenvalue weighted by molar-refractivity contribution is -0.132. The summed E-state index contributed by atoms with van der Waals surface area (Å²) in [7, 11) is 1.57. The molecule has 2 fully saturated rings. The van der Waals surface area contributed by atoms with Crippen molar-refractivity contribution in [3.8, 4) is 17.0 Å². The monoisotopic (exact) mass is 529 g/mol. The standard InChI is InChI=1S/C30H35N5O4/c1-22-8-10-23(11-9-22)27-12-13-28(32-31-27)33-14-16-34(17-15-33)29(36)21-35(20-26-7-4-18-39-26)30(37)24-5-3-6-25(19-24)38-2/h3,5-6,8-13,19,26H,4,7,14-18,20-21H2,1-2H3. The van der Waals surface area contributed by atoms with Crippen LogP contribution in [0.4, 0.5) is 5.82 Å². The molecule has 2 amide bonds. The summed E-state index contributed by atoms with van der Waals surface area (Å²) in [4.78, 5) is 32.3. The summed E-state index contributed by atoms with van der Waals surface area (Å²) < 4.78 is 11.1. The highest BCUT2D eigenvalue weighted by molar-refractivity contribution is 5.97. The van der Waals surface area contributed by atoms with E-state index in [1.54, 1.807) is 36.3 Å². The third kappa shape index (κ3) is 6.54. The molecule has 0 bridgehead atoms. The fraction of sp³-hybridized carbons (Fsp3) is 0.400. The first-order valence-corrected chi connectivity index (χ1v) is 13.5. The van der Waals surface area contributed by atoms with E-state index in [1.807, 2.05) is 29.2 Å². The van der Waals surface area contributed by atoms with Crippen LogP contribution >= 0.6 is 0 Å². The quantitative estimate of drug-likeness (QED) is 0.442. The minimum atomic E-state index is -0.194. The second-order valence-electron chi connectivity index (χ2n) is 10.1. The fourth-order valence-corrected chi connectivity index (χ4v) is 5.01. The Bertz CT molecular complexity index is 1270. The molecule has 2 aliphatic heterocycles. The molecule has 1 unspecified atom stereocenters. The van der Waals surface area contributed by atoms with Gasteiger partial charge in [-0.05, 0) is 50.1 Å². The number of ether oxygens (including phenoxy) is 2. The van der Waals surface area contributed by atoms with Crippen molar-refractivity contribution in [3.05, 3.63) is 71.8 Å². The normalized spacial score (nSPS) is 17.2. The summed E-state index contributed by atoms with van der Waals surface area (Å²) in [5.41, 5.74) is 3.57. The van der Waals surface area contributed by atoms with Crippen LogP contribution in [0.25, 0.3) is 11.3 Å². The van der Waals surface area contributed by atoms with Crippen molar-refractivity contribution in [2.45, 2.75) is 25.9 Å². The van der Waals surface area contributed by atoms with E-state index in [0.29, 0.717) is 50.6 Å². The molecule has 2 saturated heterocycles. The lowest BCUT2D eigenvalue weighted by Crippen LogP contribution is -2.52. The fourth-order valence-electron chi connectivity index (χ4n) is 5.01. The highest BCUT2D eigenvalue weighted by atomic mass is 16.5. The van der Waals surface area contributed by atoms with Gasteiger partial charge in [0.05, 0.1) is 18.9 Å². The summed E-state index contributed by atoms with van der Waals surface area (Å²) in [5.74, 6) is 1.14. The van der Waals surface area contributed by atoms with Crippen LogP contribution in [-0.4, -0.2) is 90.9 Å². The summed E-state index contributed by atoms with van der Waals surface area (Å²) in [5, 5.41) is 8.86. The van der Waals surface area contributed by atoms with E-state index in [9.17, 15) is 9.59 Å². The molecule has 9 nitrogen and oxygen atoms in total. The molecular formula is C30H35N5O4. The molecular weight excluding hydrogens is 494 g/mol. The number of methoxy groups -OCH3 is 1. The van der Waals surface area contributed by atoms with Crippen LogP contribution in [0.3, 0.4) is 0 Å². The molecule has 3 aromatic rings. The molecule has 2 aliphatic rings. The average Bonchev–Trinajstić information content (AvgIpc) is 3.50. The number of carbonyl (C=O) groups is 2. The first-order chi connectivity index (χ1) is 19.0. The van der Waals surface area contributed by atoms with E-state index < -0.39 is 0 Å². The van der Waals surface area contributed by atoms with E-state index in [2.05, 4.69) is 34.2 Å². The summed E-state index contributed by atoms with van der Waals surface area (Å²) in [6, 6.07) is 19.2. The van der Waals surface area contributed by atoms with Gasteiger partial charge in [0, 0.05) is 50.5 Å². The number of hydrogen-bond acceptors (Lipinski definition) is 7. The van der Waals surface area contributed by atoms with Gasteiger partial charge < -0.3 is 24.2 Å². The van der Waals surface area contributed by atoms with E-state index in [0.717, 1.165) is 29.9 Å². The molecule has 204 valence electrons. The molecule has 2 aromatic carbocycles. The van der Waals surface area contributed by atoms with Gasteiger partial charge in [-0.25, -0.2) is 0 Å². The summed E-state index contributed by atoms with van der Waals surface area (Å²) in [6.45, 7) is 5.58. The highest BCUT2D eigenvalue weighted by Crippen LogP contribution is 2.21. The molecule has 1 atom stereocenters. The van der Waals surface area contributed by atoms with Crippen LogP contribution in [0.2, 0.25) is 0 Å². The third-order valence-electron chi connectivity index (χ3n) is 7.33. The minimum absolute atomic E-state index is 0.0148. The van der Waals surface area contributed by atoms with E-state index in [-0.39, 0.29) is 24.5 Å². The zero-order chi connectivity index (χ0) is 27.2. The van der Waals surface area contributed by atoms with Crippen LogP contribution in [0.1, 0.15) is 28.8 Å². The van der Waals surface area contributed by atoms with Gasteiger partial charge in [-0.15, -0.1) is 10.2 Å². The van der Waals surface area contributed by atoms with E-state index in [4.69, 9.17) is 9.47 Å². The van der Waals surface area contributed by atoms with Gasteiger partial charge in [0.1, 0.15) is 12.3 Å². The van der Waals surface area contributed by atoms with Gasteiger partial charge in [-0.3, -0.25) is 9.59 Å². The van der Waals surface area contributed by atoms with Crippen LogP contribution in [-0.2, 0) is 9.53 Å². The number of aryl methyl sites for hydroxylation is 1. The number of amides is 2. The number of rotatable bonds is 8. The molecule has 5 rings (SSSR count). The van der Waals surface area contributed by atoms with Crippen molar-refractivity contribution < 1.29 is 19.1 Å². The molecule has 0 saturated carbocycles. The lowest BCUT2D eigenvalue weighted by atomic mass is 10.1. The first kappa shape index (κ1) is 26.6. The lowest BCUT2D eigenvalue weighted by Gasteiger charge is -2.36.